The molecular formula is C14H19ClN2O2. The molecule has 19 heavy (non-hydrogen) atoms. The van der Waals surface area contributed by atoms with Crippen molar-refractivity contribution in [2.45, 2.75) is 25.8 Å². The molecule has 2 N–H and O–H groups in total. The molecule has 0 fully saturated rings. The number of aromatic amines is 1. The maximum absolute atomic E-state index is 5.97. The van der Waals surface area contributed by atoms with Crippen molar-refractivity contribution in [2.24, 2.45) is 0 Å². The zero-order chi connectivity index (χ0) is 13.8. The Morgan fingerprint density at radius 2 is 2.05 bits per heavy atom. The summed E-state index contributed by atoms with van der Waals surface area (Å²) in [5.41, 5.74) is 2.25. The van der Waals surface area contributed by atoms with Gasteiger partial charge in [0.1, 0.15) is 0 Å². The van der Waals surface area contributed by atoms with Crippen LogP contribution in [-0.2, 0) is 16.0 Å². The third kappa shape index (κ3) is 3.28. The van der Waals surface area contributed by atoms with Crippen LogP contribution in [0.5, 0.6) is 0 Å². The van der Waals surface area contributed by atoms with E-state index in [1.807, 2.05) is 31.3 Å². The lowest BCUT2D eigenvalue weighted by molar-refractivity contribution is -0.119. The Kier molecular flexibility index (Phi) is 4.82. The zero-order valence-electron chi connectivity index (χ0n) is 11.4. The van der Waals surface area contributed by atoms with Gasteiger partial charge in [-0.3, -0.25) is 0 Å². The summed E-state index contributed by atoms with van der Waals surface area (Å²) in [5.74, 6) is 0. The molecule has 2 rings (SSSR count). The number of rotatable bonds is 6. The number of ether oxygens (including phenoxy) is 2. The predicted octanol–water partition coefficient (Wildman–Crippen LogP) is 2.92. The summed E-state index contributed by atoms with van der Waals surface area (Å²) in [6.07, 6.45) is 1.75. The molecule has 0 bridgehead atoms. The molecule has 0 amide bonds. The van der Waals surface area contributed by atoms with Crippen molar-refractivity contribution < 1.29 is 9.47 Å². The van der Waals surface area contributed by atoms with E-state index in [9.17, 15) is 0 Å². The number of methoxy groups -OCH3 is 2. The topological polar surface area (TPSA) is 46.3 Å². The van der Waals surface area contributed by atoms with Crippen molar-refractivity contribution in [2.75, 3.05) is 14.2 Å². The fourth-order valence-corrected chi connectivity index (χ4v) is 2.35. The number of aromatic nitrogens is 1. The molecule has 0 saturated carbocycles. The second-order valence-electron chi connectivity index (χ2n) is 4.51. The van der Waals surface area contributed by atoms with Gasteiger partial charge < -0.3 is 19.8 Å². The Bertz CT molecular complexity index is 537. The lowest BCUT2D eigenvalue weighted by Crippen LogP contribution is -2.39. The molecule has 104 valence electrons. The van der Waals surface area contributed by atoms with Crippen LogP contribution >= 0.6 is 11.6 Å². The highest BCUT2D eigenvalue weighted by atomic mass is 35.5. The average molecular weight is 283 g/mol. The summed E-state index contributed by atoms with van der Waals surface area (Å²) >= 11 is 5.97. The van der Waals surface area contributed by atoms with Gasteiger partial charge in [0.15, 0.2) is 6.29 Å². The number of hydrogen-bond acceptors (Lipinski definition) is 3. The lowest BCUT2D eigenvalue weighted by Gasteiger charge is -2.22. The average Bonchev–Trinajstić information content (AvgIpc) is 2.80. The van der Waals surface area contributed by atoms with Crippen LogP contribution in [0.3, 0.4) is 0 Å². The first-order valence-corrected chi connectivity index (χ1v) is 6.58. The minimum atomic E-state index is -0.250. The number of fused-ring (bicyclic) bond motifs is 1. The summed E-state index contributed by atoms with van der Waals surface area (Å²) in [4.78, 5) is 3.22. The minimum absolute atomic E-state index is 0.104. The largest absolute Gasteiger partial charge is 0.361 e. The van der Waals surface area contributed by atoms with E-state index in [2.05, 4.69) is 10.3 Å². The van der Waals surface area contributed by atoms with Crippen molar-refractivity contribution in [3.05, 3.63) is 35.0 Å². The molecule has 1 aromatic carbocycles. The smallest absolute Gasteiger partial charge is 0.171 e. The number of nitrogens with one attached hydrogen (secondary N) is 2. The molecule has 1 heterocycles. The monoisotopic (exact) mass is 282 g/mol. The van der Waals surface area contributed by atoms with Gasteiger partial charge in [0.05, 0.1) is 6.04 Å². The fourth-order valence-electron chi connectivity index (χ4n) is 2.18. The van der Waals surface area contributed by atoms with Gasteiger partial charge in [-0.15, -0.1) is 0 Å². The highest BCUT2D eigenvalue weighted by Gasteiger charge is 2.15. The first-order chi connectivity index (χ1) is 9.15. The van der Waals surface area contributed by atoms with E-state index in [1.54, 1.807) is 14.2 Å². The molecule has 0 aliphatic rings. The van der Waals surface area contributed by atoms with Crippen LogP contribution in [0.15, 0.2) is 24.4 Å². The van der Waals surface area contributed by atoms with Gasteiger partial charge in [0.2, 0.25) is 0 Å². The molecule has 0 aliphatic carbocycles. The molecule has 0 saturated heterocycles. The fraction of sp³-hybridized carbons (Fsp3) is 0.429. The molecule has 4 nitrogen and oxygen atoms in total. The SMILES string of the molecule is COC(OC)C(C)NCc1c[nH]c2cc(Cl)ccc12. The van der Waals surface area contributed by atoms with Crippen LogP contribution in [0.4, 0.5) is 0 Å². The van der Waals surface area contributed by atoms with Crippen LogP contribution in [0.1, 0.15) is 12.5 Å². The maximum Gasteiger partial charge on any atom is 0.171 e. The molecule has 0 radical (unpaired) electrons. The van der Waals surface area contributed by atoms with Crippen molar-refractivity contribution in [1.82, 2.24) is 10.3 Å². The van der Waals surface area contributed by atoms with Gasteiger partial charge in [-0.05, 0) is 24.6 Å². The molecule has 2 aromatic rings. The summed E-state index contributed by atoms with van der Waals surface area (Å²) in [5, 5.41) is 5.30. The Morgan fingerprint density at radius 3 is 2.74 bits per heavy atom. The van der Waals surface area contributed by atoms with Crippen LogP contribution in [0, 0.1) is 0 Å². The number of halogens is 1. The third-order valence-electron chi connectivity index (χ3n) is 3.22. The second-order valence-corrected chi connectivity index (χ2v) is 4.95. The molecule has 0 aliphatic heterocycles. The van der Waals surface area contributed by atoms with E-state index >= 15 is 0 Å². The van der Waals surface area contributed by atoms with E-state index in [0.29, 0.717) is 0 Å². The summed E-state index contributed by atoms with van der Waals surface area (Å²) < 4.78 is 10.4. The summed E-state index contributed by atoms with van der Waals surface area (Å²) in [7, 11) is 3.28. The quantitative estimate of drug-likeness (QED) is 0.801. The number of hydrogen-bond donors (Lipinski definition) is 2. The van der Waals surface area contributed by atoms with E-state index in [1.165, 1.54) is 10.9 Å². The first-order valence-electron chi connectivity index (χ1n) is 6.20. The summed E-state index contributed by atoms with van der Waals surface area (Å²) in [6.45, 7) is 2.77. The predicted molar refractivity (Wildman–Crippen MR) is 77.4 cm³/mol. The molecule has 1 unspecified atom stereocenters. The number of H-pyrrole nitrogens is 1. The molecule has 0 spiro atoms. The van der Waals surface area contributed by atoms with E-state index in [-0.39, 0.29) is 12.3 Å². The van der Waals surface area contributed by atoms with E-state index in [0.717, 1.165) is 17.1 Å². The van der Waals surface area contributed by atoms with E-state index in [4.69, 9.17) is 21.1 Å². The van der Waals surface area contributed by atoms with Gasteiger partial charge in [-0.1, -0.05) is 17.7 Å². The Balaban J connectivity index is 2.06. The molecule has 5 heteroatoms. The highest BCUT2D eigenvalue weighted by Crippen LogP contribution is 2.22. The van der Waals surface area contributed by atoms with Crippen LogP contribution in [0.25, 0.3) is 10.9 Å². The van der Waals surface area contributed by atoms with Crippen molar-refractivity contribution in [1.29, 1.82) is 0 Å². The van der Waals surface area contributed by atoms with Gasteiger partial charge in [0, 0.05) is 42.9 Å². The van der Waals surface area contributed by atoms with Crippen molar-refractivity contribution in [3.8, 4) is 0 Å². The van der Waals surface area contributed by atoms with Crippen LogP contribution in [-0.4, -0.2) is 31.5 Å². The Morgan fingerprint density at radius 1 is 1.32 bits per heavy atom. The van der Waals surface area contributed by atoms with Crippen molar-refractivity contribution in [3.63, 3.8) is 0 Å². The number of benzene rings is 1. The summed E-state index contributed by atoms with van der Waals surface area (Å²) in [6, 6.07) is 5.96. The van der Waals surface area contributed by atoms with Gasteiger partial charge in [0.25, 0.3) is 0 Å². The standard InChI is InChI=1S/C14H19ClN2O2/c1-9(14(18-2)19-3)16-7-10-8-17-13-6-11(15)4-5-12(10)13/h4-6,8-9,14,16-17H,7H2,1-3H3. The molecular weight excluding hydrogens is 264 g/mol. The highest BCUT2D eigenvalue weighted by molar-refractivity contribution is 6.31. The normalized spacial score (nSPS) is 13.3. The minimum Gasteiger partial charge on any atom is -0.361 e. The second kappa shape index (κ2) is 6.39. The Hall–Kier alpha value is -1.07. The third-order valence-corrected chi connectivity index (χ3v) is 3.45. The molecule has 1 atom stereocenters. The van der Waals surface area contributed by atoms with Crippen LogP contribution in [0.2, 0.25) is 5.02 Å². The maximum atomic E-state index is 5.97. The van der Waals surface area contributed by atoms with Gasteiger partial charge in [-0.25, -0.2) is 0 Å². The van der Waals surface area contributed by atoms with Gasteiger partial charge >= 0.3 is 0 Å². The molecule has 1 aromatic heterocycles. The Labute approximate surface area is 118 Å². The lowest BCUT2D eigenvalue weighted by atomic mass is 10.1. The first kappa shape index (κ1) is 14.3. The zero-order valence-corrected chi connectivity index (χ0v) is 12.1. The van der Waals surface area contributed by atoms with Gasteiger partial charge in [-0.2, -0.15) is 0 Å². The van der Waals surface area contributed by atoms with Crippen molar-refractivity contribution >= 4 is 22.5 Å². The van der Waals surface area contributed by atoms with E-state index < -0.39 is 0 Å². The van der Waals surface area contributed by atoms with Crippen LogP contribution < -0.4 is 5.32 Å².